The predicted octanol–water partition coefficient (Wildman–Crippen LogP) is 6.37. The maximum absolute atomic E-state index is 11.7. The van der Waals surface area contributed by atoms with Crippen molar-refractivity contribution in [3.05, 3.63) is 53.6 Å². The summed E-state index contributed by atoms with van der Waals surface area (Å²) in [5, 5.41) is 3.35. The summed E-state index contributed by atoms with van der Waals surface area (Å²) in [6.07, 6.45) is 6.91. The van der Waals surface area contributed by atoms with E-state index in [-0.39, 0.29) is 15.7 Å². The van der Waals surface area contributed by atoms with Gasteiger partial charge in [-0.05, 0) is 55.5 Å². The van der Waals surface area contributed by atoms with E-state index < -0.39 is 20.1 Å². The molecule has 0 radical (unpaired) electrons. The summed E-state index contributed by atoms with van der Waals surface area (Å²) in [6, 6.07) is 11.9. The van der Waals surface area contributed by atoms with E-state index >= 15 is 0 Å². The van der Waals surface area contributed by atoms with Gasteiger partial charge in [0.15, 0.2) is 9.84 Å². The zero-order chi connectivity index (χ0) is 27.1. The number of sulfone groups is 1. The molecule has 0 spiro atoms. The van der Waals surface area contributed by atoms with Crippen molar-refractivity contribution < 1.29 is 22.1 Å². The molecule has 202 valence electrons. The van der Waals surface area contributed by atoms with Gasteiger partial charge >= 0.3 is 0 Å². The minimum absolute atomic E-state index is 0.0675. The summed E-state index contributed by atoms with van der Waals surface area (Å²) in [4.78, 5) is 1.25. The first kappa shape index (κ1) is 30.2. The van der Waals surface area contributed by atoms with Gasteiger partial charge in [-0.25, -0.2) is 8.42 Å². The Labute approximate surface area is 222 Å². The van der Waals surface area contributed by atoms with Crippen LogP contribution in [0.15, 0.2) is 58.5 Å². The van der Waals surface area contributed by atoms with Crippen LogP contribution in [-0.4, -0.2) is 50.5 Å². The minimum atomic E-state index is -3.28. The van der Waals surface area contributed by atoms with Gasteiger partial charge in [-0.15, -0.1) is 22.1 Å². The highest BCUT2D eigenvalue weighted by Crippen LogP contribution is 2.53. The van der Waals surface area contributed by atoms with Crippen LogP contribution in [0.1, 0.15) is 34.6 Å². The van der Waals surface area contributed by atoms with Crippen LogP contribution in [0.25, 0.3) is 0 Å². The molecule has 2 aromatic rings. The number of anilines is 1. The lowest BCUT2D eigenvalue weighted by molar-refractivity contribution is 0.152. The second kappa shape index (κ2) is 12.5. The first-order chi connectivity index (χ1) is 16.6. The van der Waals surface area contributed by atoms with Crippen LogP contribution in [0.5, 0.6) is 17.2 Å². The lowest BCUT2D eigenvalue weighted by Crippen LogP contribution is -2.29. The van der Waals surface area contributed by atoms with Crippen molar-refractivity contribution >= 4 is 37.6 Å². The Bertz CT molecular complexity index is 1140. The van der Waals surface area contributed by atoms with Crippen molar-refractivity contribution in [1.82, 2.24) is 0 Å². The summed E-state index contributed by atoms with van der Waals surface area (Å²) in [5.74, 6) is 2.34. The van der Waals surface area contributed by atoms with Gasteiger partial charge < -0.3 is 24.7 Å². The number of nitrogens with two attached hydrogens (primary N) is 1. The van der Waals surface area contributed by atoms with E-state index in [1.54, 1.807) is 30.1 Å². The monoisotopic (exact) mass is 556 g/mol. The molecule has 1 unspecified atom stereocenters. The highest BCUT2D eigenvalue weighted by molar-refractivity contribution is 8.29. The van der Waals surface area contributed by atoms with Crippen LogP contribution >= 0.6 is 22.1 Å². The van der Waals surface area contributed by atoms with Crippen LogP contribution in [0, 0.1) is 0 Å². The van der Waals surface area contributed by atoms with Gasteiger partial charge in [0, 0.05) is 41.1 Å². The zero-order valence-corrected chi connectivity index (χ0v) is 24.9. The largest absolute Gasteiger partial charge is 0.488 e. The number of rotatable bonds is 12. The molecule has 0 aliphatic rings. The van der Waals surface area contributed by atoms with Crippen molar-refractivity contribution in [2.24, 2.45) is 5.73 Å². The smallest absolute Gasteiger partial charge is 0.175 e. The third kappa shape index (κ3) is 9.46. The van der Waals surface area contributed by atoms with Gasteiger partial charge in [0.2, 0.25) is 0 Å². The number of benzene rings is 2. The lowest BCUT2D eigenvalue weighted by atomic mass is 10.2. The van der Waals surface area contributed by atoms with Crippen molar-refractivity contribution in [3.8, 4) is 17.2 Å². The summed E-state index contributed by atoms with van der Waals surface area (Å²) in [7, 11) is -4.53. The molecule has 0 heterocycles. The van der Waals surface area contributed by atoms with Crippen molar-refractivity contribution in [1.29, 1.82) is 0 Å². The van der Waals surface area contributed by atoms with E-state index in [2.05, 4.69) is 38.6 Å². The molecule has 2 rings (SSSR count). The van der Waals surface area contributed by atoms with E-state index in [1.807, 2.05) is 32.0 Å². The van der Waals surface area contributed by atoms with Crippen molar-refractivity contribution in [2.45, 2.75) is 50.4 Å². The third-order valence-electron chi connectivity index (χ3n) is 5.59. The number of allylic oxidation sites excluding steroid dienone is 1. The topological polar surface area (TPSA) is 99.9 Å². The van der Waals surface area contributed by atoms with Gasteiger partial charge in [-0.3, -0.25) is 0 Å². The predicted molar refractivity (Wildman–Crippen MR) is 155 cm³/mol. The maximum atomic E-state index is 11.7. The molecule has 0 amide bonds. The fraction of sp³-hybridized carbons (Fsp3) is 0.462. The first-order valence-corrected chi connectivity index (χ1v) is 16.8. The SMILES string of the molecule is C/C(=C/N)SCNc1cc(Oc2ccc(S(C)(=O)=O)cc2)cc(OC(C)COS(C)(C)C(C)(C)C)c1. The van der Waals surface area contributed by atoms with Gasteiger partial charge in [0.1, 0.15) is 23.4 Å². The number of hydrogen-bond donors (Lipinski definition) is 2. The average Bonchev–Trinajstić information content (AvgIpc) is 2.76. The van der Waals surface area contributed by atoms with E-state index in [4.69, 9.17) is 19.4 Å². The summed E-state index contributed by atoms with van der Waals surface area (Å²) in [5.41, 5.74) is 6.39. The molecule has 0 aliphatic heterocycles. The van der Waals surface area contributed by atoms with Gasteiger partial charge in [0.25, 0.3) is 0 Å². The fourth-order valence-electron chi connectivity index (χ4n) is 2.68. The molecular weight excluding hydrogens is 516 g/mol. The zero-order valence-electron chi connectivity index (χ0n) is 22.5. The Morgan fingerprint density at radius 1 is 1.06 bits per heavy atom. The molecule has 3 N–H and O–H groups in total. The Kier molecular flexibility index (Phi) is 10.5. The molecule has 10 heteroatoms. The molecule has 36 heavy (non-hydrogen) atoms. The Hall–Kier alpha value is -2.01. The highest BCUT2D eigenvalue weighted by atomic mass is 32.3. The Morgan fingerprint density at radius 2 is 1.67 bits per heavy atom. The molecule has 0 fully saturated rings. The normalized spacial score (nSPS) is 14.3. The molecule has 0 saturated heterocycles. The summed E-state index contributed by atoms with van der Waals surface area (Å²) in [6.45, 7) is 11.0. The van der Waals surface area contributed by atoms with Crippen LogP contribution < -0.4 is 20.5 Å². The maximum Gasteiger partial charge on any atom is 0.175 e. The third-order valence-corrected chi connectivity index (χ3v) is 11.3. The second-order valence-corrected chi connectivity index (χ2v) is 17.0. The number of hydrogen-bond acceptors (Lipinski definition) is 8. The molecule has 0 bridgehead atoms. The summed E-state index contributed by atoms with van der Waals surface area (Å²) < 4.78 is 42.1. The first-order valence-electron chi connectivity index (χ1n) is 11.5. The summed E-state index contributed by atoms with van der Waals surface area (Å²) >= 11 is 1.59. The quantitative estimate of drug-likeness (QED) is 0.291. The van der Waals surface area contributed by atoms with E-state index in [0.29, 0.717) is 29.7 Å². The highest BCUT2D eigenvalue weighted by Gasteiger charge is 2.29. The average molecular weight is 557 g/mol. The van der Waals surface area contributed by atoms with E-state index in [9.17, 15) is 8.42 Å². The van der Waals surface area contributed by atoms with Crippen LogP contribution in [-0.2, 0) is 14.0 Å². The standard InChI is InChI=1S/C26H40N2O5S3/c1-19(17-31-35(6,7)26(3,4)5)32-23-13-21(28-18-34-20(2)16-27)14-24(15-23)33-22-9-11-25(12-10-22)36(8,29)30/h9-16,19,28H,17-18,27H2,1-8H3/b20-16-. The van der Waals surface area contributed by atoms with Crippen LogP contribution in [0.3, 0.4) is 0 Å². The molecule has 0 aliphatic carbocycles. The van der Waals surface area contributed by atoms with Gasteiger partial charge in [-0.1, -0.05) is 20.8 Å². The Morgan fingerprint density at radius 3 is 2.22 bits per heavy atom. The molecule has 0 aromatic heterocycles. The Balaban J connectivity index is 2.21. The van der Waals surface area contributed by atoms with Gasteiger partial charge in [-0.2, -0.15) is 0 Å². The van der Waals surface area contributed by atoms with Gasteiger partial charge in [0.05, 0.1) is 17.4 Å². The molecule has 2 aromatic carbocycles. The van der Waals surface area contributed by atoms with Crippen molar-refractivity contribution in [2.75, 3.05) is 36.6 Å². The number of ether oxygens (including phenoxy) is 2. The molecular formula is C26H40N2O5S3. The second-order valence-electron chi connectivity index (χ2n) is 9.84. The number of thioether (sulfide) groups is 1. The van der Waals surface area contributed by atoms with Crippen LogP contribution in [0.4, 0.5) is 5.69 Å². The van der Waals surface area contributed by atoms with Crippen molar-refractivity contribution in [3.63, 3.8) is 0 Å². The molecule has 7 nitrogen and oxygen atoms in total. The lowest BCUT2D eigenvalue weighted by Gasteiger charge is -2.44. The fourth-order valence-corrected chi connectivity index (χ4v) is 4.76. The molecule has 1 atom stereocenters. The number of nitrogens with one attached hydrogen (secondary N) is 1. The van der Waals surface area contributed by atoms with E-state index in [0.717, 1.165) is 10.6 Å². The van der Waals surface area contributed by atoms with E-state index in [1.165, 1.54) is 18.4 Å². The van der Waals surface area contributed by atoms with Crippen LogP contribution in [0.2, 0.25) is 0 Å². The molecule has 0 saturated carbocycles. The minimum Gasteiger partial charge on any atom is -0.488 e.